The molecule has 1 aliphatic heterocycles. The number of fused-ring (bicyclic) bond motifs is 1. The first kappa shape index (κ1) is 11.1. The summed E-state index contributed by atoms with van der Waals surface area (Å²) in [5.74, 6) is 0. The molecule has 17 heavy (non-hydrogen) atoms. The van der Waals surface area contributed by atoms with Gasteiger partial charge < -0.3 is 15.5 Å². The summed E-state index contributed by atoms with van der Waals surface area (Å²) in [6, 6.07) is 7.11. The van der Waals surface area contributed by atoms with Crippen molar-refractivity contribution in [2.45, 2.75) is 18.9 Å². The molecule has 1 aromatic rings. The van der Waals surface area contributed by atoms with Crippen LogP contribution in [0.3, 0.4) is 0 Å². The van der Waals surface area contributed by atoms with Crippen LogP contribution in [0.15, 0.2) is 18.2 Å². The number of hydrogen-bond acceptors (Lipinski definition) is 3. The number of benzene rings is 1. The molecule has 3 rings (SSSR count). The van der Waals surface area contributed by atoms with Crippen LogP contribution in [-0.4, -0.2) is 38.1 Å². The Morgan fingerprint density at radius 3 is 2.71 bits per heavy atom. The molecule has 3 heteroatoms. The molecule has 1 saturated heterocycles. The summed E-state index contributed by atoms with van der Waals surface area (Å²) in [5.41, 5.74) is 10.3. The summed E-state index contributed by atoms with van der Waals surface area (Å²) in [7, 11) is 2.19. The van der Waals surface area contributed by atoms with E-state index in [-0.39, 0.29) is 6.04 Å². The highest BCUT2D eigenvalue weighted by Crippen LogP contribution is 2.32. The smallest absolute Gasteiger partial charge is 0.0370 e. The average molecular weight is 231 g/mol. The van der Waals surface area contributed by atoms with Crippen molar-refractivity contribution < 1.29 is 0 Å². The Morgan fingerprint density at radius 1 is 1.18 bits per heavy atom. The Bertz CT molecular complexity index is 408. The van der Waals surface area contributed by atoms with Gasteiger partial charge in [0.25, 0.3) is 0 Å². The standard InChI is InChI=1S/C14H21N3/c1-16-6-8-17(9-7-16)12-3-4-13-11(10-12)2-5-14(13)15/h3-4,10,14H,2,5-9,15H2,1H3. The highest BCUT2D eigenvalue weighted by Gasteiger charge is 2.21. The topological polar surface area (TPSA) is 32.5 Å². The molecule has 2 aliphatic rings. The lowest BCUT2D eigenvalue weighted by Gasteiger charge is -2.34. The van der Waals surface area contributed by atoms with Crippen LogP contribution in [0, 0.1) is 0 Å². The SMILES string of the molecule is CN1CCN(c2ccc3c(c2)CCC3N)CC1. The van der Waals surface area contributed by atoms with Gasteiger partial charge in [0.05, 0.1) is 0 Å². The van der Waals surface area contributed by atoms with E-state index in [0.29, 0.717) is 0 Å². The molecule has 1 unspecified atom stereocenters. The van der Waals surface area contributed by atoms with E-state index in [2.05, 4.69) is 35.0 Å². The minimum Gasteiger partial charge on any atom is -0.369 e. The third-order valence-electron chi connectivity index (χ3n) is 4.12. The molecular formula is C14H21N3. The van der Waals surface area contributed by atoms with Crippen LogP contribution in [0.1, 0.15) is 23.6 Å². The minimum absolute atomic E-state index is 0.270. The molecule has 2 N–H and O–H groups in total. The zero-order valence-electron chi connectivity index (χ0n) is 10.5. The minimum atomic E-state index is 0.270. The molecule has 0 bridgehead atoms. The first-order valence-corrected chi connectivity index (χ1v) is 6.56. The van der Waals surface area contributed by atoms with Crippen molar-refractivity contribution in [2.24, 2.45) is 5.73 Å². The second-order valence-electron chi connectivity index (χ2n) is 5.32. The fourth-order valence-electron chi connectivity index (χ4n) is 2.90. The summed E-state index contributed by atoms with van der Waals surface area (Å²) in [5, 5.41) is 0. The molecule has 1 aliphatic carbocycles. The second-order valence-corrected chi connectivity index (χ2v) is 5.32. The van der Waals surface area contributed by atoms with E-state index in [9.17, 15) is 0 Å². The van der Waals surface area contributed by atoms with Crippen LogP contribution in [0.2, 0.25) is 0 Å². The van der Waals surface area contributed by atoms with E-state index in [1.807, 2.05) is 0 Å². The maximum absolute atomic E-state index is 6.07. The van der Waals surface area contributed by atoms with Crippen molar-refractivity contribution in [1.29, 1.82) is 0 Å². The van der Waals surface area contributed by atoms with Gasteiger partial charge in [-0.25, -0.2) is 0 Å². The van der Waals surface area contributed by atoms with Gasteiger partial charge in [-0.2, -0.15) is 0 Å². The zero-order valence-corrected chi connectivity index (χ0v) is 10.5. The molecule has 1 fully saturated rings. The molecule has 3 nitrogen and oxygen atoms in total. The number of anilines is 1. The van der Waals surface area contributed by atoms with Crippen molar-refractivity contribution in [1.82, 2.24) is 4.90 Å². The average Bonchev–Trinajstić information content (AvgIpc) is 2.72. The summed E-state index contributed by atoms with van der Waals surface area (Å²) >= 11 is 0. The number of nitrogens with zero attached hydrogens (tertiary/aromatic N) is 2. The van der Waals surface area contributed by atoms with Crippen molar-refractivity contribution >= 4 is 5.69 Å². The van der Waals surface area contributed by atoms with E-state index in [1.54, 1.807) is 0 Å². The molecule has 0 spiro atoms. The van der Waals surface area contributed by atoms with Crippen LogP contribution in [0.25, 0.3) is 0 Å². The van der Waals surface area contributed by atoms with Crippen LogP contribution in [0.4, 0.5) is 5.69 Å². The number of hydrogen-bond donors (Lipinski definition) is 1. The van der Waals surface area contributed by atoms with Gasteiger partial charge in [0.15, 0.2) is 0 Å². The molecule has 0 radical (unpaired) electrons. The van der Waals surface area contributed by atoms with Gasteiger partial charge in [0.2, 0.25) is 0 Å². The van der Waals surface area contributed by atoms with Crippen LogP contribution >= 0.6 is 0 Å². The zero-order chi connectivity index (χ0) is 11.8. The number of likely N-dealkylation sites (N-methyl/N-ethyl adjacent to an activating group) is 1. The monoisotopic (exact) mass is 231 g/mol. The molecule has 1 aromatic carbocycles. The largest absolute Gasteiger partial charge is 0.369 e. The number of aryl methyl sites for hydroxylation is 1. The lowest BCUT2D eigenvalue weighted by atomic mass is 10.1. The molecule has 92 valence electrons. The first-order chi connectivity index (χ1) is 8.24. The predicted molar refractivity (Wildman–Crippen MR) is 71.4 cm³/mol. The summed E-state index contributed by atoms with van der Waals surface area (Å²) in [6.45, 7) is 4.61. The summed E-state index contributed by atoms with van der Waals surface area (Å²) < 4.78 is 0. The maximum atomic E-state index is 6.07. The van der Waals surface area contributed by atoms with Crippen molar-refractivity contribution in [3.63, 3.8) is 0 Å². The van der Waals surface area contributed by atoms with Gasteiger partial charge in [0, 0.05) is 37.9 Å². The number of rotatable bonds is 1. The van der Waals surface area contributed by atoms with Crippen molar-refractivity contribution in [3.8, 4) is 0 Å². The second kappa shape index (κ2) is 4.31. The Balaban J connectivity index is 1.80. The van der Waals surface area contributed by atoms with Gasteiger partial charge in [-0.05, 0) is 43.1 Å². The molecule has 1 atom stereocenters. The first-order valence-electron chi connectivity index (χ1n) is 6.56. The third-order valence-corrected chi connectivity index (χ3v) is 4.12. The summed E-state index contributed by atoms with van der Waals surface area (Å²) in [6.07, 6.45) is 2.26. The highest BCUT2D eigenvalue weighted by molar-refractivity contribution is 5.53. The molecule has 0 amide bonds. The van der Waals surface area contributed by atoms with Gasteiger partial charge in [-0.1, -0.05) is 6.07 Å². The van der Waals surface area contributed by atoms with Gasteiger partial charge in [-0.3, -0.25) is 0 Å². The third kappa shape index (κ3) is 2.05. The predicted octanol–water partition coefficient (Wildman–Crippen LogP) is 1.38. The van der Waals surface area contributed by atoms with E-state index in [0.717, 1.165) is 39.0 Å². The Kier molecular flexibility index (Phi) is 2.81. The van der Waals surface area contributed by atoms with E-state index < -0.39 is 0 Å². The molecule has 0 aromatic heterocycles. The molecular weight excluding hydrogens is 210 g/mol. The lowest BCUT2D eigenvalue weighted by molar-refractivity contribution is 0.313. The van der Waals surface area contributed by atoms with Gasteiger partial charge in [-0.15, -0.1) is 0 Å². The Hall–Kier alpha value is -1.06. The summed E-state index contributed by atoms with van der Waals surface area (Å²) in [4.78, 5) is 4.88. The highest BCUT2D eigenvalue weighted by atomic mass is 15.2. The van der Waals surface area contributed by atoms with Crippen LogP contribution in [0.5, 0.6) is 0 Å². The van der Waals surface area contributed by atoms with Crippen molar-refractivity contribution in [3.05, 3.63) is 29.3 Å². The molecule has 1 heterocycles. The van der Waals surface area contributed by atoms with Crippen LogP contribution < -0.4 is 10.6 Å². The van der Waals surface area contributed by atoms with E-state index in [4.69, 9.17) is 5.73 Å². The van der Waals surface area contributed by atoms with E-state index in [1.165, 1.54) is 16.8 Å². The molecule has 0 saturated carbocycles. The van der Waals surface area contributed by atoms with Crippen LogP contribution in [-0.2, 0) is 6.42 Å². The normalized spacial score (nSPS) is 25.1. The number of piperazine rings is 1. The lowest BCUT2D eigenvalue weighted by Crippen LogP contribution is -2.44. The number of nitrogens with two attached hydrogens (primary N) is 1. The maximum Gasteiger partial charge on any atom is 0.0370 e. The Morgan fingerprint density at radius 2 is 1.94 bits per heavy atom. The van der Waals surface area contributed by atoms with E-state index >= 15 is 0 Å². The quantitative estimate of drug-likeness (QED) is 0.792. The Labute approximate surface area is 103 Å². The fraction of sp³-hybridized carbons (Fsp3) is 0.571. The van der Waals surface area contributed by atoms with Crippen molar-refractivity contribution in [2.75, 3.05) is 38.1 Å². The van der Waals surface area contributed by atoms with Gasteiger partial charge in [0.1, 0.15) is 0 Å². The fourth-order valence-corrected chi connectivity index (χ4v) is 2.90. The van der Waals surface area contributed by atoms with Gasteiger partial charge >= 0.3 is 0 Å².